The van der Waals surface area contributed by atoms with Crippen molar-refractivity contribution in [1.82, 2.24) is 14.9 Å². The molecule has 0 spiro atoms. The van der Waals surface area contributed by atoms with Gasteiger partial charge in [-0.15, -0.1) is 0 Å². The first kappa shape index (κ1) is 14.0. The first-order valence-corrected chi connectivity index (χ1v) is 5.79. The number of nitrogens with one attached hydrogen (secondary N) is 1. The Hall–Kier alpha value is -1.04. The molecule has 0 unspecified atom stereocenters. The predicted octanol–water partition coefficient (Wildman–Crippen LogP) is 2.73. The zero-order valence-electron chi connectivity index (χ0n) is 9.93. The van der Waals surface area contributed by atoms with Crippen LogP contribution in [0, 0.1) is 0 Å². The lowest BCUT2D eigenvalue weighted by molar-refractivity contribution is -0.135. The number of aromatic nitrogens is 2. The highest BCUT2D eigenvalue weighted by Gasteiger charge is 2.25. The van der Waals surface area contributed by atoms with Gasteiger partial charge >= 0.3 is 6.18 Å². The molecule has 1 heterocycles. The molecule has 0 aliphatic carbocycles. The zero-order valence-corrected chi connectivity index (χ0v) is 9.93. The summed E-state index contributed by atoms with van der Waals surface area (Å²) in [5, 5.41) is 3.00. The molecule has 0 aliphatic rings. The molecular formula is C11H18F3N3. The predicted molar refractivity (Wildman–Crippen MR) is 59.5 cm³/mol. The number of nitrogens with zero attached hydrogens (tertiary/aromatic N) is 2. The highest BCUT2D eigenvalue weighted by Crippen LogP contribution is 2.20. The van der Waals surface area contributed by atoms with Crippen molar-refractivity contribution in [2.75, 3.05) is 6.54 Å². The first-order valence-electron chi connectivity index (χ1n) is 5.79. The van der Waals surface area contributed by atoms with Crippen molar-refractivity contribution in [3.63, 3.8) is 0 Å². The maximum atomic E-state index is 11.9. The average Bonchev–Trinajstić information content (AvgIpc) is 2.64. The topological polar surface area (TPSA) is 29.9 Å². The molecular weight excluding hydrogens is 231 g/mol. The van der Waals surface area contributed by atoms with Crippen LogP contribution in [0.15, 0.2) is 12.5 Å². The van der Waals surface area contributed by atoms with Crippen LogP contribution in [0.4, 0.5) is 13.2 Å². The number of imidazole rings is 1. The fourth-order valence-corrected chi connectivity index (χ4v) is 1.57. The van der Waals surface area contributed by atoms with Crippen molar-refractivity contribution in [2.24, 2.45) is 0 Å². The van der Waals surface area contributed by atoms with Gasteiger partial charge in [-0.3, -0.25) is 0 Å². The van der Waals surface area contributed by atoms with Gasteiger partial charge in [-0.05, 0) is 19.4 Å². The van der Waals surface area contributed by atoms with Gasteiger partial charge < -0.3 is 9.88 Å². The van der Waals surface area contributed by atoms with Crippen LogP contribution in [0.2, 0.25) is 0 Å². The monoisotopic (exact) mass is 249 g/mol. The van der Waals surface area contributed by atoms with Crippen LogP contribution in [0.5, 0.6) is 0 Å². The Morgan fingerprint density at radius 3 is 2.82 bits per heavy atom. The van der Waals surface area contributed by atoms with Gasteiger partial charge in [0.05, 0.1) is 12.0 Å². The summed E-state index contributed by atoms with van der Waals surface area (Å²) in [6.45, 7) is 3.90. The number of aryl methyl sites for hydroxylation is 1. The molecule has 6 heteroatoms. The lowest BCUT2D eigenvalue weighted by atomic mass is 10.3. The SMILES string of the molecule is CCCn1cncc1CNCCCC(F)(F)F. The second-order valence-corrected chi connectivity index (χ2v) is 3.97. The Kier molecular flexibility index (Phi) is 5.47. The van der Waals surface area contributed by atoms with Crippen molar-refractivity contribution in [3.05, 3.63) is 18.2 Å². The van der Waals surface area contributed by atoms with Crippen molar-refractivity contribution >= 4 is 0 Å². The minimum absolute atomic E-state index is 0.116. The first-order chi connectivity index (χ1) is 8.03. The van der Waals surface area contributed by atoms with Gasteiger partial charge in [0.1, 0.15) is 0 Å². The van der Waals surface area contributed by atoms with Crippen LogP contribution in [0.25, 0.3) is 0 Å². The smallest absolute Gasteiger partial charge is 0.333 e. The third-order valence-corrected chi connectivity index (χ3v) is 2.38. The second-order valence-electron chi connectivity index (χ2n) is 3.97. The Morgan fingerprint density at radius 2 is 2.18 bits per heavy atom. The Morgan fingerprint density at radius 1 is 1.41 bits per heavy atom. The molecule has 0 radical (unpaired) electrons. The van der Waals surface area contributed by atoms with E-state index in [-0.39, 0.29) is 6.42 Å². The van der Waals surface area contributed by atoms with E-state index in [2.05, 4.69) is 17.2 Å². The van der Waals surface area contributed by atoms with E-state index < -0.39 is 12.6 Å². The lowest BCUT2D eigenvalue weighted by Crippen LogP contribution is -2.19. The van der Waals surface area contributed by atoms with E-state index in [0.717, 1.165) is 18.7 Å². The van der Waals surface area contributed by atoms with Crippen molar-refractivity contribution in [3.8, 4) is 0 Å². The summed E-state index contributed by atoms with van der Waals surface area (Å²) in [6, 6.07) is 0. The van der Waals surface area contributed by atoms with E-state index in [1.165, 1.54) is 0 Å². The summed E-state index contributed by atoms with van der Waals surface area (Å²) >= 11 is 0. The molecule has 0 saturated carbocycles. The minimum atomic E-state index is -4.05. The van der Waals surface area contributed by atoms with Gasteiger partial charge in [0.15, 0.2) is 0 Å². The number of halogens is 3. The van der Waals surface area contributed by atoms with Crippen LogP contribution in [-0.2, 0) is 13.1 Å². The third-order valence-electron chi connectivity index (χ3n) is 2.38. The fraction of sp³-hybridized carbons (Fsp3) is 0.727. The molecule has 3 nitrogen and oxygen atoms in total. The maximum absolute atomic E-state index is 11.9. The van der Waals surface area contributed by atoms with Gasteiger partial charge in [-0.25, -0.2) is 4.98 Å². The molecule has 1 aromatic rings. The van der Waals surface area contributed by atoms with Gasteiger partial charge in [0, 0.05) is 25.7 Å². The largest absolute Gasteiger partial charge is 0.389 e. The van der Waals surface area contributed by atoms with Crippen LogP contribution < -0.4 is 5.32 Å². The normalized spacial score (nSPS) is 12.0. The Bertz CT molecular complexity index is 320. The summed E-state index contributed by atoms with van der Waals surface area (Å²) in [5.41, 5.74) is 1.01. The third kappa shape index (κ3) is 5.72. The van der Waals surface area contributed by atoms with E-state index in [1.807, 2.05) is 4.57 Å². The van der Waals surface area contributed by atoms with Crippen molar-refractivity contribution < 1.29 is 13.2 Å². The number of hydrogen-bond donors (Lipinski definition) is 1. The van der Waals surface area contributed by atoms with Crippen LogP contribution in [0.1, 0.15) is 31.9 Å². The van der Waals surface area contributed by atoms with E-state index in [1.54, 1.807) is 12.5 Å². The van der Waals surface area contributed by atoms with Crippen molar-refractivity contribution in [2.45, 2.75) is 45.5 Å². The molecule has 0 aliphatic heterocycles. The molecule has 1 aromatic heterocycles. The highest BCUT2D eigenvalue weighted by molar-refractivity contribution is 4.97. The Labute approximate surface area is 99.0 Å². The van der Waals surface area contributed by atoms with Gasteiger partial charge in [-0.2, -0.15) is 13.2 Å². The summed E-state index contributed by atoms with van der Waals surface area (Å²) in [5.74, 6) is 0. The molecule has 0 saturated heterocycles. The van der Waals surface area contributed by atoms with Crippen molar-refractivity contribution in [1.29, 1.82) is 0 Å². The van der Waals surface area contributed by atoms with E-state index in [0.29, 0.717) is 13.1 Å². The summed E-state index contributed by atoms with van der Waals surface area (Å²) in [6.07, 6.45) is -0.161. The molecule has 0 aromatic carbocycles. The van der Waals surface area contributed by atoms with E-state index in [9.17, 15) is 13.2 Å². The summed E-state index contributed by atoms with van der Waals surface area (Å²) < 4.78 is 37.6. The molecule has 1 N–H and O–H groups in total. The quantitative estimate of drug-likeness (QED) is 0.753. The zero-order chi connectivity index (χ0) is 12.7. The highest BCUT2D eigenvalue weighted by atomic mass is 19.4. The molecule has 0 bridgehead atoms. The molecule has 0 amide bonds. The molecule has 0 atom stereocenters. The van der Waals surface area contributed by atoms with Gasteiger partial charge in [0.2, 0.25) is 0 Å². The fourth-order valence-electron chi connectivity index (χ4n) is 1.57. The molecule has 17 heavy (non-hydrogen) atoms. The van der Waals surface area contributed by atoms with Crippen LogP contribution >= 0.6 is 0 Å². The summed E-state index contributed by atoms with van der Waals surface area (Å²) in [4.78, 5) is 4.02. The number of rotatable bonds is 7. The molecule has 1 rings (SSSR count). The van der Waals surface area contributed by atoms with E-state index >= 15 is 0 Å². The second kappa shape index (κ2) is 6.64. The number of hydrogen-bond acceptors (Lipinski definition) is 2. The standard InChI is InChI=1S/C11H18F3N3/c1-2-6-17-9-16-8-10(17)7-15-5-3-4-11(12,13)14/h8-9,15H,2-7H2,1H3. The Balaban J connectivity index is 2.20. The van der Waals surface area contributed by atoms with Gasteiger partial charge in [-0.1, -0.05) is 6.92 Å². The molecule has 0 fully saturated rings. The summed E-state index contributed by atoms with van der Waals surface area (Å²) in [7, 11) is 0. The number of alkyl halides is 3. The maximum Gasteiger partial charge on any atom is 0.389 e. The molecule has 98 valence electrons. The average molecular weight is 249 g/mol. The van der Waals surface area contributed by atoms with Crippen LogP contribution in [-0.4, -0.2) is 22.3 Å². The van der Waals surface area contributed by atoms with Crippen LogP contribution in [0.3, 0.4) is 0 Å². The van der Waals surface area contributed by atoms with E-state index in [4.69, 9.17) is 0 Å². The van der Waals surface area contributed by atoms with Gasteiger partial charge in [0.25, 0.3) is 0 Å². The lowest BCUT2D eigenvalue weighted by Gasteiger charge is -2.09. The minimum Gasteiger partial charge on any atom is -0.333 e.